The molecule has 3 rings (SSSR count). The fourth-order valence-electron chi connectivity index (χ4n) is 2.46. The zero-order valence-corrected chi connectivity index (χ0v) is 12.8. The van der Waals surface area contributed by atoms with E-state index in [4.69, 9.17) is 0 Å². The third-order valence-electron chi connectivity index (χ3n) is 3.38. The molecule has 0 saturated carbocycles. The molecule has 0 fully saturated rings. The molecule has 1 aliphatic heterocycles. The second kappa shape index (κ2) is 5.91. The zero-order chi connectivity index (χ0) is 13.9. The number of hydrogen-bond donors (Lipinski definition) is 1. The molecule has 0 spiro atoms. The number of thiazole rings is 1. The van der Waals surface area contributed by atoms with Crippen LogP contribution >= 0.6 is 11.3 Å². The third kappa shape index (κ3) is 3.17. The molecule has 0 saturated heterocycles. The monoisotopic (exact) mass is 288 g/mol. The van der Waals surface area contributed by atoms with Crippen LogP contribution in [0.15, 0.2) is 30.3 Å². The van der Waals surface area contributed by atoms with Crippen LogP contribution < -0.4 is 5.43 Å². The number of rotatable bonds is 4. The summed E-state index contributed by atoms with van der Waals surface area (Å²) < 4.78 is 0. The highest BCUT2D eigenvalue weighted by Gasteiger charge is 2.20. The molecule has 106 valence electrons. The van der Waals surface area contributed by atoms with Gasteiger partial charge < -0.3 is 0 Å². The van der Waals surface area contributed by atoms with Crippen LogP contribution in [0.4, 0.5) is 5.13 Å². The summed E-state index contributed by atoms with van der Waals surface area (Å²) in [6, 6.07) is 10.7. The third-order valence-corrected chi connectivity index (χ3v) is 4.37. The normalized spacial score (nSPS) is 15.3. The average molecular weight is 288 g/mol. The van der Waals surface area contributed by atoms with Crippen molar-refractivity contribution in [3.05, 3.63) is 46.5 Å². The van der Waals surface area contributed by atoms with E-state index in [2.05, 4.69) is 45.6 Å². The highest BCUT2D eigenvalue weighted by Crippen LogP contribution is 2.28. The van der Waals surface area contributed by atoms with Crippen molar-refractivity contribution >= 4 is 16.5 Å². The van der Waals surface area contributed by atoms with Gasteiger partial charge in [0.1, 0.15) is 0 Å². The quantitative estimate of drug-likeness (QED) is 0.876. The van der Waals surface area contributed by atoms with E-state index in [-0.39, 0.29) is 0 Å². The fraction of sp³-hybridized carbons (Fsp3) is 0.400. The van der Waals surface area contributed by atoms with Gasteiger partial charge in [0, 0.05) is 45.0 Å². The van der Waals surface area contributed by atoms with Crippen LogP contribution in [0, 0.1) is 0 Å². The number of nitrogens with one attached hydrogen (secondary N) is 1. The number of hydrazine groups is 1. The minimum absolute atomic E-state index is 1.00. The summed E-state index contributed by atoms with van der Waals surface area (Å²) in [7, 11) is 3.98. The van der Waals surface area contributed by atoms with Crippen LogP contribution in [0.1, 0.15) is 16.1 Å². The zero-order valence-electron chi connectivity index (χ0n) is 12.0. The van der Waals surface area contributed by atoms with Gasteiger partial charge in [0.05, 0.1) is 5.69 Å². The summed E-state index contributed by atoms with van der Waals surface area (Å²) in [4.78, 5) is 8.57. The van der Waals surface area contributed by atoms with E-state index in [9.17, 15) is 0 Å². The van der Waals surface area contributed by atoms with Crippen molar-refractivity contribution in [1.29, 1.82) is 0 Å². The highest BCUT2D eigenvalue weighted by atomic mass is 32.1. The lowest BCUT2D eigenvalue weighted by Gasteiger charge is -2.25. The van der Waals surface area contributed by atoms with Gasteiger partial charge in [0.2, 0.25) is 0 Å². The Balaban J connectivity index is 1.67. The highest BCUT2D eigenvalue weighted by molar-refractivity contribution is 7.15. The van der Waals surface area contributed by atoms with Gasteiger partial charge in [-0.15, -0.1) is 0 Å². The van der Waals surface area contributed by atoms with Crippen molar-refractivity contribution in [1.82, 2.24) is 14.9 Å². The van der Waals surface area contributed by atoms with E-state index in [0.29, 0.717) is 0 Å². The molecule has 5 heteroatoms. The maximum Gasteiger partial charge on any atom is 0.197 e. The van der Waals surface area contributed by atoms with E-state index >= 15 is 0 Å². The van der Waals surface area contributed by atoms with Gasteiger partial charge in [-0.2, -0.15) is 0 Å². The molecule has 4 nitrogen and oxygen atoms in total. The van der Waals surface area contributed by atoms with Crippen molar-refractivity contribution in [3.63, 3.8) is 0 Å². The van der Waals surface area contributed by atoms with Gasteiger partial charge in [0.15, 0.2) is 5.13 Å². The van der Waals surface area contributed by atoms with Gasteiger partial charge in [-0.05, 0) is 5.56 Å². The predicted molar refractivity (Wildman–Crippen MR) is 83.7 cm³/mol. The second-order valence-electron chi connectivity index (χ2n) is 5.34. The molecular formula is C15H20N4S. The Labute approximate surface area is 124 Å². The lowest BCUT2D eigenvalue weighted by molar-refractivity contribution is 0.247. The fourth-order valence-corrected chi connectivity index (χ4v) is 3.59. The summed E-state index contributed by atoms with van der Waals surface area (Å²) in [5.74, 6) is 0. The maximum atomic E-state index is 4.67. The van der Waals surface area contributed by atoms with Gasteiger partial charge in [-0.25, -0.2) is 9.99 Å². The first kappa shape index (κ1) is 13.5. The summed E-state index contributed by atoms with van der Waals surface area (Å²) in [5.41, 5.74) is 5.90. The number of nitrogens with zero attached hydrogens (tertiary/aromatic N) is 3. The standard InChI is InChI=1S/C15H20N4S/c1-18(2)17-15-16-13-8-9-19(11-14(13)20-15)10-12-6-4-3-5-7-12/h3-7H,8-11H2,1-2H3,(H,16,17). The number of aromatic nitrogens is 1. The molecule has 0 amide bonds. The Hall–Kier alpha value is -1.43. The molecule has 1 N–H and O–H groups in total. The van der Waals surface area contributed by atoms with Crippen LogP contribution in [0.5, 0.6) is 0 Å². The molecule has 0 aliphatic carbocycles. The van der Waals surface area contributed by atoms with Crippen molar-refractivity contribution in [2.75, 3.05) is 26.1 Å². The average Bonchev–Trinajstić information content (AvgIpc) is 2.80. The first-order chi connectivity index (χ1) is 9.70. The van der Waals surface area contributed by atoms with Crippen LogP contribution in [-0.2, 0) is 19.5 Å². The Morgan fingerprint density at radius 1 is 1.30 bits per heavy atom. The van der Waals surface area contributed by atoms with Crippen molar-refractivity contribution in [2.45, 2.75) is 19.5 Å². The topological polar surface area (TPSA) is 31.4 Å². The lowest BCUT2D eigenvalue weighted by atomic mass is 10.1. The molecule has 0 atom stereocenters. The first-order valence-corrected chi connectivity index (χ1v) is 7.71. The minimum atomic E-state index is 1.00. The number of fused-ring (bicyclic) bond motifs is 1. The predicted octanol–water partition coefficient (Wildman–Crippen LogP) is 2.59. The number of benzene rings is 1. The summed E-state index contributed by atoms with van der Waals surface area (Å²) in [6.07, 6.45) is 1.05. The number of anilines is 1. The van der Waals surface area contributed by atoms with E-state index in [1.165, 1.54) is 16.1 Å². The first-order valence-electron chi connectivity index (χ1n) is 6.89. The van der Waals surface area contributed by atoms with Crippen LogP contribution in [0.25, 0.3) is 0 Å². The van der Waals surface area contributed by atoms with Crippen LogP contribution in [0.3, 0.4) is 0 Å². The van der Waals surface area contributed by atoms with Gasteiger partial charge >= 0.3 is 0 Å². The Morgan fingerprint density at radius 3 is 2.85 bits per heavy atom. The molecule has 1 aliphatic rings. The molecule has 1 aromatic carbocycles. The molecule has 2 aromatic rings. The Morgan fingerprint density at radius 2 is 2.10 bits per heavy atom. The van der Waals surface area contributed by atoms with Gasteiger partial charge in [0.25, 0.3) is 0 Å². The molecule has 0 unspecified atom stereocenters. The Bertz CT molecular complexity index is 565. The van der Waals surface area contributed by atoms with Crippen molar-refractivity contribution < 1.29 is 0 Å². The SMILES string of the molecule is CN(C)Nc1nc2c(s1)CN(Cc1ccccc1)CC2. The second-order valence-corrected chi connectivity index (χ2v) is 6.42. The smallest absolute Gasteiger partial charge is 0.197 e. The summed E-state index contributed by atoms with van der Waals surface area (Å²) in [5, 5.41) is 2.94. The minimum Gasteiger partial charge on any atom is -0.295 e. The summed E-state index contributed by atoms with van der Waals surface area (Å²) in [6.45, 7) is 3.12. The molecule has 0 bridgehead atoms. The molecule has 20 heavy (non-hydrogen) atoms. The molecular weight excluding hydrogens is 268 g/mol. The van der Waals surface area contributed by atoms with Crippen LogP contribution in [-0.4, -0.2) is 35.5 Å². The van der Waals surface area contributed by atoms with Gasteiger partial charge in [-0.1, -0.05) is 41.7 Å². The van der Waals surface area contributed by atoms with E-state index in [1.807, 2.05) is 19.1 Å². The van der Waals surface area contributed by atoms with Crippen molar-refractivity contribution in [2.24, 2.45) is 0 Å². The maximum absolute atomic E-state index is 4.67. The van der Waals surface area contributed by atoms with E-state index < -0.39 is 0 Å². The molecule has 1 aromatic heterocycles. The van der Waals surface area contributed by atoms with Crippen LogP contribution in [0.2, 0.25) is 0 Å². The summed E-state index contributed by atoms with van der Waals surface area (Å²) >= 11 is 1.77. The van der Waals surface area contributed by atoms with E-state index in [1.54, 1.807) is 11.3 Å². The van der Waals surface area contributed by atoms with E-state index in [0.717, 1.165) is 31.2 Å². The lowest BCUT2D eigenvalue weighted by Crippen LogP contribution is -2.29. The molecule has 2 heterocycles. The Kier molecular flexibility index (Phi) is 4.00. The van der Waals surface area contributed by atoms with Gasteiger partial charge in [-0.3, -0.25) is 10.3 Å². The molecule has 0 radical (unpaired) electrons. The number of hydrogen-bond acceptors (Lipinski definition) is 5. The van der Waals surface area contributed by atoms with Crippen molar-refractivity contribution in [3.8, 4) is 0 Å². The largest absolute Gasteiger partial charge is 0.295 e.